The summed E-state index contributed by atoms with van der Waals surface area (Å²) in [5.41, 5.74) is 0.983. The molecule has 1 atom stereocenters. The molecule has 7 nitrogen and oxygen atoms in total. The molecule has 8 heteroatoms. The first kappa shape index (κ1) is 17.6. The van der Waals surface area contributed by atoms with Gasteiger partial charge in [0.1, 0.15) is 0 Å². The predicted molar refractivity (Wildman–Crippen MR) is 95.8 cm³/mol. The molecule has 2 saturated heterocycles. The minimum Gasteiger partial charge on any atom is -0.454 e. The molecule has 3 aliphatic rings. The van der Waals surface area contributed by atoms with Crippen LogP contribution in [-0.2, 0) is 21.2 Å². The summed E-state index contributed by atoms with van der Waals surface area (Å²) in [6, 6.07) is 5.82. The van der Waals surface area contributed by atoms with Crippen LogP contribution in [0.3, 0.4) is 0 Å². The molecule has 1 amide bonds. The Bertz CT molecular complexity index is 787. The highest BCUT2D eigenvalue weighted by atomic mass is 32.2. The molecule has 0 aliphatic carbocycles. The molecule has 4 rings (SSSR count). The summed E-state index contributed by atoms with van der Waals surface area (Å²) >= 11 is 0. The predicted octanol–water partition coefficient (Wildman–Crippen LogP) is 0.931. The van der Waals surface area contributed by atoms with Gasteiger partial charge in [0.2, 0.25) is 12.7 Å². The first-order valence-electron chi connectivity index (χ1n) is 9.11. The van der Waals surface area contributed by atoms with E-state index in [9.17, 15) is 13.2 Å². The van der Waals surface area contributed by atoms with Gasteiger partial charge in [0.15, 0.2) is 21.3 Å². The number of piperidine rings is 1. The number of fused-ring (bicyclic) bond motifs is 1. The number of sulfone groups is 1. The molecule has 0 bridgehead atoms. The maximum Gasteiger partial charge on any atom is 0.231 e. The summed E-state index contributed by atoms with van der Waals surface area (Å²) in [6.45, 7) is 2.30. The van der Waals surface area contributed by atoms with Crippen LogP contribution in [0.25, 0.3) is 0 Å². The van der Waals surface area contributed by atoms with Gasteiger partial charge in [-0.2, -0.15) is 0 Å². The highest BCUT2D eigenvalue weighted by molar-refractivity contribution is 7.91. The Hall–Kier alpha value is -1.80. The number of nitrogens with zero attached hydrogens (tertiary/aromatic N) is 1. The average molecular weight is 380 g/mol. The molecule has 1 N–H and O–H groups in total. The van der Waals surface area contributed by atoms with Crippen molar-refractivity contribution in [3.63, 3.8) is 0 Å². The largest absolute Gasteiger partial charge is 0.454 e. The van der Waals surface area contributed by atoms with Gasteiger partial charge >= 0.3 is 0 Å². The molecule has 2 fully saturated rings. The van der Waals surface area contributed by atoms with Crippen molar-refractivity contribution in [2.45, 2.75) is 31.8 Å². The highest BCUT2D eigenvalue weighted by Gasteiger charge is 2.35. The first-order valence-corrected chi connectivity index (χ1v) is 10.9. The third-order valence-electron chi connectivity index (χ3n) is 5.53. The standard InChI is InChI=1S/C18H24N2O5S/c21-18(19-10-13-1-2-16-17(9-13)25-12-24-16)14-3-6-20(7-4-14)15-5-8-26(22,23)11-15/h1-2,9,14-15H,3-8,10-12H2,(H,19,21). The number of hydrogen-bond acceptors (Lipinski definition) is 6. The van der Waals surface area contributed by atoms with Crippen LogP contribution in [0.5, 0.6) is 11.5 Å². The third kappa shape index (κ3) is 3.81. The number of ether oxygens (including phenoxy) is 2. The van der Waals surface area contributed by atoms with Crippen molar-refractivity contribution < 1.29 is 22.7 Å². The lowest BCUT2D eigenvalue weighted by Crippen LogP contribution is -2.45. The van der Waals surface area contributed by atoms with Crippen LogP contribution in [-0.4, -0.2) is 56.7 Å². The Morgan fingerprint density at radius 1 is 1.15 bits per heavy atom. The Labute approximate surface area is 153 Å². The zero-order chi connectivity index (χ0) is 18.1. The van der Waals surface area contributed by atoms with Crippen LogP contribution in [0.15, 0.2) is 18.2 Å². The SMILES string of the molecule is O=C(NCc1ccc2c(c1)OCO2)C1CCN(C2CCS(=O)(=O)C2)CC1. The molecular formula is C18H24N2O5S. The Morgan fingerprint density at radius 3 is 2.65 bits per heavy atom. The van der Waals surface area contributed by atoms with Crippen LogP contribution < -0.4 is 14.8 Å². The fourth-order valence-corrected chi connectivity index (χ4v) is 5.74. The van der Waals surface area contributed by atoms with E-state index in [4.69, 9.17) is 9.47 Å². The van der Waals surface area contributed by atoms with E-state index < -0.39 is 9.84 Å². The minimum atomic E-state index is -2.86. The van der Waals surface area contributed by atoms with E-state index in [-0.39, 0.29) is 30.4 Å². The molecule has 0 radical (unpaired) electrons. The molecule has 3 aliphatic heterocycles. The quantitative estimate of drug-likeness (QED) is 0.837. The summed E-state index contributed by atoms with van der Waals surface area (Å²) < 4.78 is 33.9. The van der Waals surface area contributed by atoms with Gasteiger partial charge in [0, 0.05) is 18.5 Å². The second kappa shape index (κ2) is 7.08. The molecular weight excluding hydrogens is 356 g/mol. The zero-order valence-electron chi connectivity index (χ0n) is 14.6. The van der Waals surface area contributed by atoms with Gasteiger partial charge in [-0.05, 0) is 50.0 Å². The van der Waals surface area contributed by atoms with Crippen molar-refractivity contribution in [3.05, 3.63) is 23.8 Å². The fourth-order valence-electron chi connectivity index (χ4n) is 3.97. The van der Waals surface area contributed by atoms with Crippen molar-refractivity contribution >= 4 is 15.7 Å². The van der Waals surface area contributed by atoms with Crippen LogP contribution in [0.1, 0.15) is 24.8 Å². The molecule has 1 aromatic carbocycles. The van der Waals surface area contributed by atoms with Crippen LogP contribution in [0.2, 0.25) is 0 Å². The first-order chi connectivity index (χ1) is 12.5. The maximum atomic E-state index is 12.5. The van der Waals surface area contributed by atoms with E-state index in [0.717, 1.165) is 49.4 Å². The Morgan fingerprint density at radius 2 is 1.92 bits per heavy atom. The number of hydrogen-bond donors (Lipinski definition) is 1. The molecule has 26 heavy (non-hydrogen) atoms. The van der Waals surface area contributed by atoms with E-state index in [0.29, 0.717) is 12.3 Å². The number of rotatable bonds is 4. The van der Waals surface area contributed by atoms with E-state index in [1.54, 1.807) is 0 Å². The number of nitrogens with one attached hydrogen (secondary N) is 1. The molecule has 142 valence electrons. The van der Waals surface area contributed by atoms with E-state index in [1.165, 1.54) is 0 Å². The summed E-state index contributed by atoms with van der Waals surface area (Å²) in [6.07, 6.45) is 2.29. The van der Waals surface area contributed by atoms with Gasteiger partial charge in [-0.15, -0.1) is 0 Å². The monoisotopic (exact) mass is 380 g/mol. The molecule has 0 aromatic heterocycles. The second-order valence-corrected chi connectivity index (χ2v) is 9.50. The van der Waals surface area contributed by atoms with Crippen LogP contribution >= 0.6 is 0 Å². The van der Waals surface area contributed by atoms with Crippen molar-refractivity contribution in [3.8, 4) is 11.5 Å². The van der Waals surface area contributed by atoms with Crippen molar-refractivity contribution in [2.24, 2.45) is 5.92 Å². The fraction of sp³-hybridized carbons (Fsp3) is 0.611. The summed E-state index contributed by atoms with van der Waals surface area (Å²) in [5.74, 6) is 2.10. The third-order valence-corrected chi connectivity index (χ3v) is 7.28. The highest BCUT2D eigenvalue weighted by Crippen LogP contribution is 2.32. The lowest BCUT2D eigenvalue weighted by molar-refractivity contribution is -0.126. The van der Waals surface area contributed by atoms with E-state index in [2.05, 4.69) is 10.2 Å². The Balaban J connectivity index is 1.25. The lowest BCUT2D eigenvalue weighted by Gasteiger charge is -2.34. The smallest absolute Gasteiger partial charge is 0.231 e. The number of amides is 1. The van der Waals surface area contributed by atoms with Gasteiger partial charge in [0.05, 0.1) is 11.5 Å². The van der Waals surface area contributed by atoms with Crippen LogP contribution in [0, 0.1) is 5.92 Å². The lowest BCUT2D eigenvalue weighted by atomic mass is 9.94. The minimum absolute atomic E-state index is 0.00160. The number of benzene rings is 1. The molecule has 0 spiro atoms. The topological polar surface area (TPSA) is 84.9 Å². The summed E-state index contributed by atoms with van der Waals surface area (Å²) in [7, 11) is -2.86. The van der Waals surface area contributed by atoms with Crippen molar-refractivity contribution in [2.75, 3.05) is 31.4 Å². The van der Waals surface area contributed by atoms with Gasteiger partial charge < -0.3 is 14.8 Å². The summed E-state index contributed by atoms with van der Waals surface area (Å²) in [4.78, 5) is 14.7. The molecule has 1 aromatic rings. The van der Waals surface area contributed by atoms with Crippen molar-refractivity contribution in [1.82, 2.24) is 10.2 Å². The maximum absolute atomic E-state index is 12.5. The van der Waals surface area contributed by atoms with Gasteiger partial charge in [0.25, 0.3) is 0 Å². The van der Waals surface area contributed by atoms with E-state index >= 15 is 0 Å². The molecule has 3 heterocycles. The number of likely N-dealkylation sites (tertiary alicyclic amines) is 1. The van der Waals surface area contributed by atoms with E-state index in [1.807, 2.05) is 18.2 Å². The molecule has 0 saturated carbocycles. The number of carbonyl (C=O) groups excluding carboxylic acids is 1. The van der Waals surface area contributed by atoms with Crippen LogP contribution in [0.4, 0.5) is 0 Å². The van der Waals surface area contributed by atoms with Gasteiger partial charge in [-0.1, -0.05) is 6.07 Å². The van der Waals surface area contributed by atoms with Crippen molar-refractivity contribution in [1.29, 1.82) is 0 Å². The van der Waals surface area contributed by atoms with Gasteiger partial charge in [-0.3, -0.25) is 9.69 Å². The summed E-state index contributed by atoms with van der Waals surface area (Å²) in [5, 5.41) is 3.01. The number of carbonyl (C=O) groups is 1. The normalized spacial score (nSPS) is 25.3. The second-order valence-electron chi connectivity index (χ2n) is 7.27. The Kier molecular flexibility index (Phi) is 4.79. The van der Waals surface area contributed by atoms with Gasteiger partial charge in [-0.25, -0.2) is 8.42 Å². The average Bonchev–Trinajstić information content (AvgIpc) is 3.25. The molecule has 1 unspecified atom stereocenters. The zero-order valence-corrected chi connectivity index (χ0v) is 15.5.